The fourth-order valence-corrected chi connectivity index (χ4v) is 13.2. The van der Waals surface area contributed by atoms with Crippen molar-refractivity contribution in [2.24, 2.45) is 0 Å². The van der Waals surface area contributed by atoms with Gasteiger partial charge < -0.3 is 9.47 Å². The van der Waals surface area contributed by atoms with Crippen LogP contribution < -0.4 is 4.90 Å². The number of para-hydroxylation sites is 2. The largest absolute Gasteiger partial charge is 0.309 e. The molecule has 0 bridgehead atoms. The molecule has 0 saturated carbocycles. The Morgan fingerprint density at radius 2 is 0.744 bits per heavy atom. The highest BCUT2D eigenvalue weighted by Gasteiger charge is 2.30. The predicted octanol–water partition coefficient (Wildman–Crippen LogP) is 24.3. The third-order valence-electron chi connectivity index (χ3n) is 18.3. The molecule has 13 rings (SSSR count). The molecule has 428 valence electrons. The van der Waals surface area contributed by atoms with Crippen molar-refractivity contribution < 1.29 is 0 Å². The van der Waals surface area contributed by atoms with Gasteiger partial charge in [0.25, 0.3) is 0 Å². The van der Waals surface area contributed by atoms with Gasteiger partial charge in [0, 0.05) is 32.7 Å². The fraction of sp³-hybridized carbons (Fsp3) is 0.238. The molecule has 0 radical (unpaired) electrons. The SMILES string of the molecule is CC(C)(C)c1ccc(-c2ccccc2-c2ccc(C(C)(C)C)cc2N(c2ccc(C(C)(C)C)cc2-c2cccc(-c3cc(C(C)(C)C)cc(C(C)(C)C)c3)c2)c2ccc3ccc4c(-n5c6ccccc6c6ccccc65)ccc5ccc2c3c54)cc1. The van der Waals surface area contributed by atoms with Gasteiger partial charge in [0.1, 0.15) is 0 Å². The summed E-state index contributed by atoms with van der Waals surface area (Å²) in [7, 11) is 0. The molecule has 0 aliphatic heterocycles. The second-order valence-corrected chi connectivity index (χ2v) is 29.5. The quantitative estimate of drug-likeness (QED) is 0.138. The maximum absolute atomic E-state index is 2.65. The lowest BCUT2D eigenvalue weighted by Crippen LogP contribution is -2.17. The van der Waals surface area contributed by atoms with Crippen molar-refractivity contribution in [3.05, 3.63) is 252 Å². The van der Waals surface area contributed by atoms with Gasteiger partial charge >= 0.3 is 0 Å². The Hall–Kier alpha value is -8.72. The predicted molar refractivity (Wildman–Crippen MR) is 374 cm³/mol. The van der Waals surface area contributed by atoms with Gasteiger partial charge in [-0.2, -0.15) is 0 Å². The van der Waals surface area contributed by atoms with Crippen LogP contribution in [-0.4, -0.2) is 4.57 Å². The molecule has 0 spiro atoms. The number of fused-ring (bicyclic) bond motifs is 3. The fourth-order valence-electron chi connectivity index (χ4n) is 13.2. The topological polar surface area (TPSA) is 8.17 Å². The van der Waals surface area contributed by atoms with Gasteiger partial charge in [0.15, 0.2) is 0 Å². The van der Waals surface area contributed by atoms with Crippen LogP contribution in [0.2, 0.25) is 0 Å². The lowest BCUT2D eigenvalue weighted by atomic mass is 9.78. The zero-order chi connectivity index (χ0) is 60.4. The molecule has 1 aromatic heterocycles. The minimum atomic E-state index is -0.159. The molecule has 2 nitrogen and oxygen atoms in total. The van der Waals surface area contributed by atoms with Gasteiger partial charge in [-0.15, -0.1) is 0 Å². The van der Waals surface area contributed by atoms with Gasteiger partial charge in [-0.25, -0.2) is 0 Å². The Morgan fingerprint density at radius 3 is 1.36 bits per heavy atom. The molecule has 86 heavy (non-hydrogen) atoms. The van der Waals surface area contributed by atoms with Gasteiger partial charge in [0.05, 0.1) is 33.8 Å². The van der Waals surface area contributed by atoms with Gasteiger partial charge in [-0.1, -0.05) is 280 Å². The minimum absolute atomic E-state index is 0.0244. The first kappa shape index (κ1) is 56.4. The molecule has 13 aromatic rings. The third-order valence-corrected chi connectivity index (χ3v) is 18.3. The van der Waals surface area contributed by atoms with E-state index in [0.29, 0.717) is 0 Å². The monoisotopic (exact) mass is 1120 g/mol. The second kappa shape index (κ2) is 20.5. The Labute approximate surface area is 511 Å². The normalized spacial score (nSPS) is 12.8. The van der Waals surface area contributed by atoms with Crippen LogP contribution >= 0.6 is 0 Å². The summed E-state index contributed by atoms with van der Waals surface area (Å²) in [6, 6.07) is 86.4. The van der Waals surface area contributed by atoms with E-state index in [-0.39, 0.29) is 27.1 Å². The Morgan fingerprint density at radius 1 is 0.256 bits per heavy atom. The molecule has 1 heterocycles. The molecule has 0 aliphatic carbocycles. The highest BCUT2D eigenvalue weighted by molar-refractivity contribution is 6.28. The van der Waals surface area contributed by atoms with Crippen molar-refractivity contribution in [1.82, 2.24) is 4.57 Å². The standard InChI is InChI=1S/C84H82N2/c1-80(2,3)59-37-31-53(32-38-59)64-25-16-17-26-65(64)68-43-39-61(82(7,8)9)52-77(68)86(76-46-40-60(81(4,5)6)51-71(76)57-24-22-23-56(47-57)58-48-62(83(10,11)12)50-63(49-58)84(13,14)15)75-45-36-55-33-41-69-74(44-35-54-34-42-70(75)79(55)78(54)69)85-72-29-20-18-27-66(72)67-28-19-21-30-73(67)85/h16-52H,1-15H3. The van der Waals surface area contributed by atoms with Crippen molar-refractivity contribution in [3.8, 4) is 50.2 Å². The summed E-state index contributed by atoms with van der Waals surface area (Å²) in [6.07, 6.45) is 0. The first-order valence-electron chi connectivity index (χ1n) is 31.1. The van der Waals surface area contributed by atoms with E-state index >= 15 is 0 Å². The van der Waals surface area contributed by atoms with E-state index in [1.807, 2.05) is 0 Å². The van der Waals surface area contributed by atoms with Crippen molar-refractivity contribution in [3.63, 3.8) is 0 Å². The summed E-state index contributed by atoms with van der Waals surface area (Å²) in [5, 5.41) is 9.94. The van der Waals surface area contributed by atoms with E-state index in [9.17, 15) is 0 Å². The Bertz CT molecular complexity index is 4670. The smallest absolute Gasteiger partial charge is 0.0543 e. The summed E-state index contributed by atoms with van der Waals surface area (Å²) in [4.78, 5) is 2.65. The summed E-state index contributed by atoms with van der Waals surface area (Å²) in [6.45, 7) is 35.0. The highest BCUT2D eigenvalue weighted by atomic mass is 15.1. The molecular weight excluding hydrogens is 1040 g/mol. The molecule has 0 atom stereocenters. The number of hydrogen-bond acceptors (Lipinski definition) is 1. The highest BCUT2D eigenvalue weighted by Crippen LogP contribution is 2.52. The van der Waals surface area contributed by atoms with Crippen LogP contribution in [0.5, 0.6) is 0 Å². The van der Waals surface area contributed by atoms with E-state index < -0.39 is 0 Å². The number of benzene rings is 12. The number of anilines is 3. The second-order valence-electron chi connectivity index (χ2n) is 29.5. The lowest BCUT2D eigenvalue weighted by Gasteiger charge is -2.34. The van der Waals surface area contributed by atoms with Crippen LogP contribution in [-0.2, 0) is 27.1 Å². The van der Waals surface area contributed by atoms with Crippen LogP contribution in [0.25, 0.3) is 104 Å². The van der Waals surface area contributed by atoms with E-state index in [2.05, 4.69) is 338 Å². The molecule has 2 heteroatoms. The Kier molecular flexibility index (Phi) is 13.4. The van der Waals surface area contributed by atoms with E-state index in [1.54, 1.807) is 0 Å². The molecule has 0 fully saturated rings. The van der Waals surface area contributed by atoms with Crippen molar-refractivity contribution in [1.29, 1.82) is 0 Å². The number of hydrogen-bond donors (Lipinski definition) is 0. The molecule has 0 aliphatic rings. The lowest BCUT2D eigenvalue weighted by molar-refractivity contribution is 0.569. The molecular formula is C84H82N2. The molecule has 0 amide bonds. The molecule has 0 unspecified atom stereocenters. The zero-order valence-electron chi connectivity index (χ0n) is 53.3. The van der Waals surface area contributed by atoms with Crippen molar-refractivity contribution in [2.75, 3.05) is 4.90 Å². The van der Waals surface area contributed by atoms with Gasteiger partial charge in [0.2, 0.25) is 0 Å². The number of rotatable bonds is 8. The third kappa shape index (κ3) is 9.95. The van der Waals surface area contributed by atoms with Crippen LogP contribution in [0.3, 0.4) is 0 Å². The first-order valence-corrected chi connectivity index (χ1v) is 31.1. The zero-order valence-corrected chi connectivity index (χ0v) is 53.3. The number of nitrogens with zero attached hydrogens (tertiary/aromatic N) is 2. The summed E-state index contributed by atoms with van der Waals surface area (Å²) < 4.78 is 2.49. The van der Waals surface area contributed by atoms with Gasteiger partial charge in [-0.3, -0.25) is 0 Å². The van der Waals surface area contributed by atoms with Crippen LogP contribution in [0.15, 0.2) is 224 Å². The van der Waals surface area contributed by atoms with Crippen LogP contribution in [0.1, 0.15) is 132 Å². The van der Waals surface area contributed by atoms with Crippen molar-refractivity contribution in [2.45, 2.75) is 131 Å². The average Bonchev–Trinajstić information content (AvgIpc) is 1.11. The maximum Gasteiger partial charge on any atom is 0.0543 e. The number of aromatic nitrogens is 1. The molecule has 0 N–H and O–H groups in total. The molecule has 12 aromatic carbocycles. The summed E-state index contributed by atoms with van der Waals surface area (Å²) >= 11 is 0. The Balaban J connectivity index is 1.13. The van der Waals surface area contributed by atoms with Crippen molar-refractivity contribution >= 4 is 71.2 Å². The summed E-state index contributed by atoms with van der Waals surface area (Å²) in [5.74, 6) is 0. The van der Waals surface area contributed by atoms with E-state index in [0.717, 1.165) is 17.1 Å². The van der Waals surface area contributed by atoms with Crippen LogP contribution in [0, 0.1) is 0 Å². The summed E-state index contributed by atoms with van der Waals surface area (Å²) in [5.41, 5.74) is 22.8. The maximum atomic E-state index is 2.65. The minimum Gasteiger partial charge on any atom is -0.309 e. The average molecular weight is 1120 g/mol. The molecule has 0 saturated heterocycles. The first-order chi connectivity index (χ1) is 40.8. The van der Waals surface area contributed by atoms with Crippen LogP contribution in [0.4, 0.5) is 17.1 Å². The van der Waals surface area contributed by atoms with E-state index in [4.69, 9.17) is 0 Å². The van der Waals surface area contributed by atoms with Gasteiger partial charge in [-0.05, 0) is 158 Å². The van der Waals surface area contributed by atoms with E-state index in [1.165, 1.54) is 132 Å².